The van der Waals surface area contributed by atoms with Gasteiger partial charge in [0.1, 0.15) is 11.9 Å². The maximum Gasteiger partial charge on any atom is 0.308 e. The van der Waals surface area contributed by atoms with Crippen molar-refractivity contribution in [3.8, 4) is 5.75 Å². The number of esters is 1. The van der Waals surface area contributed by atoms with Gasteiger partial charge >= 0.3 is 5.97 Å². The molecule has 1 atom stereocenters. The molecule has 3 nitrogen and oxygen atoms in total. The number of hydrogen-bond donors (Lipinski definition) is 0. The van der Waals surface area contributed by atoms with Gasteiger partial charge in [-0.3, -0.25) is 4.79 Å². The smallest absolute Gasteiger partial charge is 0.308 e. The van der Waals surface area contributed by atoms with Gasteiger partial charge in [0.2, 0.25) is 0 Å². The van der Waals surface area contributed by atoms with Crippen LogP contribution in [0.2, 0.25) is 0 Å². The van der Waals surface area contributed by atoms with E-state index < -0.39 is 0 Å². The molecule has 0 spiro atoms. The predicted molar refractivity (Wildman–Crippen MR) is 69.6 cm³/mol. The van der Waals surface area contributed by atoms with Crippen molar-refractivity contribution in [1.82, 2.24) is 0 Å². The lowest BCUT2D eigenvalue weighted by molar-refractivity contribution is -0.154. The summed E-state index contributed by atoms with van der Waals surface area (Å²) in [4.78, 5) is 11.7. The van der Waals surface area contributed by atoms with Gasteiger partial charge in [-0.15, -0.1) is 0 Å². The van der Waals surface area contributed by atoms with Crippen LogP contribution in [0.3, 0.4) is 0 Å². The lowest BCUT2D eigenvalue weighted by atomic mass is 9.89. The summed E-state index contributed by atoms with van der Waals surface area (Å²) in [6.07, 6.45) is 2.91. The van der Waals surface area contributed by atoms with E-state index >= 15 is 0 Å². The molecule has 0 saturated heterocycles. The van der Waals surface area contributed by atoms with E-state index in [4.69, 9.17) is 9.47 Å². The number of methoxy groups -OCH3 is 1. The highest BCUT2D eigenvalue weighted by molar-refractivity contribution is 5.72. The first-order valence-electron chi connectivity index (χ1n) is 6.49. The van der Waals surface area contributed by atoms with Crippen molar-refractivity contribution < 1.29 is 14.3 Å². The van der Waals surface area contributed by atoms with Gasteiger partial charge in [-0.25, -0.2) is 0 Å². The first-order valence-corrected chi connectivity index (χ1v) is 6.49. The Morgan fingerprint density at radius 3 is 2.83 bits per heavy atom. The molecule has 0 radical (unpaired) electrons. The van der Waals surface area contributed by atoms with Crippen molar-refractivity contribution >= 4 is 5.97 Å². The van der Waals surface area contributed by atoms with Gasteiger partial charge in [0.25, 0.3) is 0 Å². The Morgan fingerprint density at radius 2 is 2.17 bits per heavy atom. The van der Waals surface area contributed by atoms with Crippen LogP contribution >= 0.6 is 0 Å². The lowest BCUT2D eigenvalue weighted by Crippen LogP contribution is -2.19. The quantitative estimate of drug-likeness (QED) is 0.770. The van der Waals surface area contributed by atoms with Gasteiger partial charge in [0.15, 0.2) is 0 Å². The normalized spacial score (nSPS) is 18.3. The first-order chi connectivity index (χ1) is 8.61. The van der Waals surface area contributed by atoms with E-state index in [-0.39, 0.29) is 18.0 Å². The SMILES string of the molecule is COc1ccc2c(c1)CCCC2OC(=O)C(C)C. The van der Waals surface area contributed by atoms with Crippen molar-refractivity contribution in [2.45, 2.75) is 39.2 Å². The van der Waals surface area contributed by atoms with E-state index in [0.717, 1.165) is 30.6 Å². The molecule has 0 saturated carbocycles. The van der Waals surface area contributed by atoms with Crippen LogP contribution in [-0.4, -0.2) is 13.1 Å². The summed E-state index contributed by atoms with van der Waals surface area (Å²) in [7, 11) is 1.67. The number of benzene rings is 1. The second-order valence-electron chi connectivity index (χ2n) is 5.04. The average molecular weight is 248 g/mol. The molecule has 98 valence electrons. The molecule has 0 N–H and O–H groups in total. The molecule has 2 rings (SSSR count). The van der Waals surface area contributed by atoms with E-state index in [0.29, 0.717) is 0 Å². The van der Waals surface area contributed by atoms with Crippen LogP contribution < -0.4 is 4.74 Å². The van der Waals surface area contributed by atoms with Crippen LogP contribution in [0.25, 0.3) is 0 Å². The maximum absolute atomic E-state index is 11.7. The van der Waals surface area contributed by atoms with E-state index in [2.05, 4.69) is 0 Å². The van der Waals surface area contributed by atoms with Gasteiger partial charge in [-0.2, -0.15) is 0 Å². The highest BCUT2D eigenvalue weighted by atomic mass is 16.5. The number of ether oxygens (including phenoxy) is 2. The van der Waals surface area contributed by atoms with Crippen molar-refractivity contribution in [3.63, 3.8) is 0 Å². The van der Waals surface area contributed by atoms with Crippen molar-refractivity contribution in [3.05, 3.63) is 29.3 Å². The summed E-state index contributed by atoms with van der Waals surface area (Å²) in [5.74, 6) is 0.668. The third-order valence-electron chi connectivity index (χ3n) is 3.34. The van der Waals surface area contributed by atoms with Crippen molar-refractivity contribution in [2.75, 3.05) is 7.11 Å². The lowest BCUT2D eigenvalue weighted by Gasteiger charge is -2.26. The molecule has 0 heterocycles. The van der Waals surface area contributed by atoms with Crippen LogP contribution in [0.4, 0.5) is 0 Å². The monoisotopic (exact) mass is 248 g/mol. The molecule has 0 bridgehead atoms. The molecule has 0 aromatic heterocycles. The summed E-state index contributed by atoms with van der Waals surface area (Å²) in [6.45, 7) is 3.72. The summed E-state index contributed by atoms with van der Waals surface area (Å²) < 4.78 is 10.8. The Morgan fingerprint density at radius 1 is 1.39 bits per heavy atom. The number of rotatable bonds is 3. The molecule has 1 aromatic rings. The number of carbonyl (C=O) groups is 1. The average Bonchev–Trinajstić information content (AvgIpc) is 2.38. The first kappa shape index (κ1) is 12.9. The fourth-order valence-electron chi connectivity index (χ4n) is 2.27. The molecule has 1 aliphatic carbocycles. The molecule has 18 heavy (non-hydrogen) atoms. The van der Waals surface area contributed by atoms with Crippen molar-refractivity contribution in [2.24, 2.45) is 5.92 Å². The minimum Gasteiger partial charge on any atom is -0.497 e. The minimum absolute atomic E-state index is 0.0753. The number of carbonyl (C=O) groups excluding carboxylic acids is 1. The molecule has 0 amide bonds. The van der Waals surface area contributed by atoms with E-state index in [1.165, 1.54) is 5.56 Å². The molecule has 3 heteroatoms. The highest BCUT2D eigenvalue weighted by Gasteiger charge is 2.24. The fourth-order valence-corrected chi connectivity index (χ4v) is 2.27. The number of hydrogen-bond acceptors (Lipinski definition) is 3. The topological polar surface area (TPSA) is 35.5 Å². The van der Waals surface area contributed by atoms with E-state index in [9.17, 15) is 4.79 Å². The second kappa shape index (κ2) is 5.42. The largest absolute Gasteiger partial charge is 0.497 e. The van der Waals surface area contributed by atoms with Gasteiger partial charge in [-0.05, 0) is 42.5 Å². The van der Waals surface area contributed by atoms with E-state index in [1.54, 1.807) is 7.11 Å². The molecular formula is C15H20O3. The van der Waals surface area contributed by atoms with Crippen LogP contribution in [0.5, 0.6) is 5.75 Å². The Kier molecular flexibility index (Phi) is 3.90. The molecule has 1 aliphatic rings. The van der Waals surface area contributed by atoms with Gasteiger partial charge in [-0.1, -0.05) is 19.9 Å². The third kappa shape index (κ3) is 2.66. The molecule has 1 unspecified atom stereocenters. The zero-order valence-electron chi connectivity index (χ0n) is 11.2. The summed E-state index contributed by atoms with van der Waals surface area (Å²) >= 11 is 0. The predicted octanol–water partition coefficient (Wildman–Crippen LogP) is 3.27. The summed E-state index contributed by atoms with van der Waals surface area (Å²) in [5, 5.41) is 0. The molecule has 1 aromatic carbocycles. The van der Waals surface area contributed by atoms with Gasteiger partial charge < -0.3 is 9.47 Å². The zero-order chi connectivity index (χ0) is 13.1. The maximum atomic E-state index is 11.7. The Labute approximate surface area is 108 Å². The second-order valence-corrected chi connectivity index (χ2v) is 5.04. The van der Waals surface area contributed by atoms with Crippen LogP contribution in [0.15, 0.2) is 18.2 Å². The van der Waals surface area contributed by atoms with Crippen molar-refractivity contribution in [1.29, 1.82) is 0 Å². The minimum atomic E-state index is -0.122. The Balaban J connectivity index is 2.20. The van der Waals surface area contributed by atoms with Gasteiger partial charge in [0.05, 0.1) is 13.0 Å². The fraction of sp³-hybridized carbons (Fsp3) is 0.533. The van der Waals surface area contributed by atoms with Crippen LogP contribution in [0, 0.1) is 5.92 Å². The number of fused-ring (bicyclic) bond motifs is 1. The Bertz CT molecular complexity index is 437. The molecular weight excluding hydrogens is 228 g/mol. The van der Waals surface area contributed by atoms with Crippen LogP contribution in [-0.2, 0) is 16.0 Å². The van der Waals surface area contributed by atoms with E-state index in [1.807, 2.05) is 32.0 Å². The molecule has 0 fully saturated rings. The summed E-state index contributed by atoms with van der Waals surface area (Å²) in [6, 6.07) is 6.00. The zero-order valence-corrected chi connectivity index (χ0v) is 11.2. The van der Waals surface area contributed by atoms with Crippen LogP contribution in [0.1, 0.15) is 43.9 Å². The third-order valence-corrected chi connectivity index (χ3v) is 3.34. The summed E-state index contributed by atoms with van der Waals surface area (Å²) in [5.41, 5.74) is 2.37. The standard InChI is InChI=1S/C15H20O3/c1-10(2)15(16)18-14-6-4-5-11-9-12(17-3)7-8-13(11)14/h7-10,14H,4-6H2,1-3H3. The van der Waals surface area contributed by atoms with Gasteiger partial charge in [0, 0.05) is 0 Å². The molecule has 0 aliphatic heterocycles. The Hall–Kier alpha value is -1.51. The number of aryl methyl sites for hydroxylation is 1. The highest BCUT2D eigenvalue weighted by Crippen LogP contribution is 2.34.